The summed E-state index contributed by atoms with van der Waals surface area (Å²) in [4.78, 5) is 31.0. The molecule has 1 aromatic carbocycles. The second-order valence-electron chi connectivity index (χ2n) is 7.35. The van der Waals surface area contributed by atoms with Gasteiger partial charge in [-0.25, -0.2) is 20.0 Å². The van der Waals surface area contributed by atoms with E-state index in [1.807, 2.05) is 6.92 Å². The van der Waals surface area contributed by atoms with Crippen LogP contribution in [-0.4, -0.2) is 57.4 Å². The maximum Gasteiger partial charge on any atom is 0.281 e. The van der Waals surface area contributed by atoms with Crippen molar-refractivity contribution in [3.63, 3.8) is 0 Å². The van der Waals surface area contributed by atoms with Crippen molar-refractivity contribution in [2.24, 2.45) is 0 Å². The van der Waals surface area contributed by atoms with E-state index in [4.69, 9.17) is 15.3 Å². The Morgan fingerprint density at radius 2 is 2.12 bits per heavy atom. The summed E-state index contributed by atoms with van der Waals surface area (Å²) < 4.78 is 5.49. The van der Waals surface area contributed by atoms with Gasteiger partial charge in [-0.3, -0.25) is 9.63 Å². The van der Waals surface area contributed by atoms with E-state index in [9.17, 15) is 9.90 Å². The maximum absolute atomic E-state index is 12.8. The Hall–Kier alpha value is -4.00. The van der Waals surface area contributed by atoms with Crippen molar-refractivity contribution >= 4 is 11.7 Å². The smallest absolute Gasteiger partial charge is 0.281 e. The number of aliphatic hydroxyl groups is 1. The first-order valence-corrected chi connectivity index (χ1v) is 10.4. The van der Waals surface area contributed by atoms with Gasteiger partial charge in [0.15, 0.2) is 0 Å². The predicted octanol–water partition coefficient (Wildman–Crippen LogP) is 1.84. The molecule has 0 bridgehead atoms. The highest BCUT2D eigenvalue weighted by Crippen LogP contribution is 2.30. The molecule has 0 spiro atoms. The number of nitrogens with two attached hydrogens (primary N) is 1. The monoisotopic (exact) mass is 445 g/mol. The van der Waals surface area contributed by atoms with Crippen LogP contribution in [0.3, 0.4) is 0 Å². The summed E-state index contributed by atoms with van der Waals surface area (Å²) in [5, 5.41) is 10.8. The maximum atomic E-state index is 12.8. The highest BCUT2D eigenvalue weighted by Gasteiger charge is 2.29. The van der Waals surface area contributed by atoms with Crippen LogP contribution in [0.25, 0.3) is 11.3 Å². The van der Waals surface area contributed by atoms with Crippen molar-refractivity contribution in [3.8, 4) is 28.8 Å². The van der Waals surface area contributed by atoms with Crippen LogP contribution in [0.15, 0.2) is 42.9 Å². The minimum Gasteiger partial charge on any atom is -0.496 e. The van der Waals surface area contributed by atoms with Gasteiger partial charge in [0.2, 0.25) is 0 Å². The standard InChI is InChI=1S/C24H23N5O4/c1-3-20-18(7-4-15-5-9-22(25)26-11-15)23(28-14-27-20)16-6-8-19(21(10-16)32-2)24(31)29-12-17(30)13-33-29/h5-6,8-11,14,17,30H,3,12-13H2,1-2H3,(H2,25,26). The third-order valence-corrected chi connectivity index (χ3v) is 5.11. The van der Waals surface area contributed by atoms with E-state index in [-0.39, 0.29) is 19.1 Å². The number of benzene rings is 1. The number of hydroxylamine groups is 2. The molecule has 4 rings (SSSR count). The van der Waals surface area contributed by atoms with Crippen molar-refractivity contribution in [2.75, 3.05) is 26.0 Å². The van der Waals surface area contributed by atoms with Crippen LogP contribution >= 0.6 is 0 Å². The molecule has 9 nitrogen and oxygen atoms in total. The number of nitrogen functional groups attached to an aromatic ring is 1. The van der Waals surface area contributed by atoms with Crippen molar-refractivity contribution in [1.82, 2.24) is 20.0 Å². The van der Waals surface area contributed by atoms with Gasteiger partial charge in [0.1, 0.15) is 30.6 Å². The van der Waals surface area contributed by atoms with Gasteiger partial charge in [-0.15, -0.1) is 0 Å². The molecule has 0 radical (unpaired) electrons. The molecule has 1 atom stereocenters. The number of methoxy groups -OCH3 is 1. The minimum absolute atomic E-state index is 0.0818. The number of anilines is 1. The van der Waals surface area contributed by atoms with E-state index in [1.165, 1.54) is 13.4 Å². The van der Waals surface area contributed by atoms with Crippen molar-refractivity contribution in [3.05, 3.63) is 65.2 Å². The highest BCUT2D eigenvalue weighted by atomic mass is 16.7. The zero-order valence-electron chi connectivity index (χ0n) is 18.3. The molecule has 3 heterocycles. The first-order chi connectivity index (χ1) is 16.0. The fraction of sp³-hybridized carbons (Fsp3) is 0.250. The topological polar surface area (TPSA) is 124 Å². The Bertz CT molecular complexity index is 1230. The summed E-state index contributed by atoms with van der Waals surface area (Å²) in [5.41, 5.74) is 9.52. The Balaban J connectivity index is 1.73. The van der Waals surface area contributed by atoms with Gasteiger partial charge >= 0.3 is 0 Å². The SMILES string of the molecule is CCc1ncnc(-c2ccc(C(=O)N3CC(O)CO3)c(OC)c2)c1C#Cc1ccc(N)nc1. The molecule has 33 heavy (non-hydrogen) atoms. The van der Waals surface area contributed by atoms with E-state index >= 15 is 0 Å². The molecule has 1 unspecified atom stereocenters. The predicted molar refractivity (Wildman–Crippen MR) is 121 cm³/mol. The summed E-state index contributed by atoms with van der Waals surface area (Å²) in [7, 11) is 1.49. The Morgan fingerprint density at radius 3 is 2.79 bits per heavy atom. The molecule has 0 saturated carbocycles. The third kappa shape index (κ3) is 4.77. The first kappa shape index (κ1) is 22.2. The normalized spacial score (nSPS) is 15.1. The van der Waals surface area contributed by atoms with Crippen LogP contribution in [0.2, 0.25) is 0 Å². The fourth-order valence-electron chi connectivity index (χ4n) is 3.42. The molecule has 9 heteroatoms. The Kier molecular flexibility index (Phi) is 6.49. The lowest BCUT2D eigenvalue weighted by atomic mass is 10.0. The molecule has 1 aliphatic rings. The third-order valence-electron chi connectivity index (χ3n) is 5.11. The van der Waals surface area contributed by atoms with Crippen LogP contribution in [0, 0.1) is 11.8 Å². The number of carbonyl (C=O) groups is 1. The molecule has 3 N–H and O–H groups in total. The van der Waals surface area contributed by atoms with Gasteiger partial charge in [0.05, 0.1) is 36.2 Å². The zero-order chi connectivity index (χ0) is 23.4. The lowest BCUT2D eigenvalue weighted by Gasteiger charge is -2.17. The molecule has 1 aliphatic heterocycles. The van der Waals surface area contributed by atoms with Gasteiger partial charge in [0, 0.05) is 17.3 Å². The van der Waals surface area contributed by atoms with Crippen LogP contribution < -0.4 is 10.5 Å². The number of aromatic nitrogens is 3. The van der Waals surface area contributed by atoms with Gasteiger partial charge in [0.25, 0.3) is 5.91 Å². The van der Waals surface area contributed by atoms with Gasteiger partial charge in [-0.05, 0) is 30.7 Å². The molecule has 168 valence electrons. The largest absolute Gasteiger partial charge is 0.496 e. The number of carbonyl (C=O) groups excluding carboxylic acids is 1. The summed E-state index contributed by atoms with van der Waals surface area (Å²) in [6.07, 6.45) is 3.07. The second-order valence-corrected chi connectivity index (χ2v) is 7.35. The van der Waals surface area contributed by atoms with E-state index in [2.05, 4.69) is 26.8 Å². The molecule has 1 amide bonds. The number of hydrogen-bond acceptors (Lipinski definition) is 8. The number of aliphatic hydroxyl groups excluding tert-OH is 1. The average Bonchev–Trinajstić information content (AvgIpc) is 3.28. The number of aryl methyl sites for hydroxylation is 1. The molecule has 1 saturated heterocycles. The van der Waals surface area contributed by atoms with Crippen molar-refractivity contribution in [2.45, 2.75) is 19.4 Å². The fourth-order valence-corrected chi connectivity index (χ4v) is 3.42. The summed E-state index contributed by atoms with van der Waals surface area (Å²) in [6, 6.07) is 8.65. The summed E-state index contributed by atoms with van der Waals surface area (Å²) in [5.74, 6) is 6.66. The van der Waals surface area contributed by atoms with Gasteiger partial charge in [-0.1, -0.05) is 24.8 Å². The van der Waals surface area contributed by atoms with Crippen LogP contribution in [-0.2, 0) is 11.3 Å². The van der Waals surface area contributed by atoms with Gasteiger partial charge < -0.3 is 15.6 Å². The number of ether oxygens (including phenoxy) is 1. The number of pyridine rings is 1. The van der Waals surface area contributed by atoms with Gasteiger partial charge in [-0.2, -0.15) is 0 Å². The van der Waals surface area contributed by atoms with E-state index in [0.29, 0.717) is 40.4 Å². The molecular weight excluding hydrogens is 422 g/mol. The van der Waals surface area contributed by atoms with Crippen molar-refractivity contribution < 1.29 is 19.5 Å². The lowest BCUT2D eigenvalue weighted by Crippen LogP contribution is -2.28. The number of hydrogen-bond donors (Lipinski definition) is 2. The molecule has 1 fully saturated rings. The minimum atomic E-state index is -0.704. The Morgan fingerprint density at radius 1 is 1.27 bits per heavy atom. The van der Waals surface area contributed by atoms with Crippen LogP contribution in [0.4, 0.5) is 5.82 Å². The molecular formula is C24H23N5O4. The quantitative estimate of drug-likeness (QED) is 0.583. The number of nitrogens with zero attached hydrogens (tertiary/aromatic N) is 4. The highest BCUT2D eigenvalue weighted by molar-refractivity contribution is 5.97. The zero-order valence-corrected chi connectivity index (χ0v) is 18.3. The number of rotatable bonds is 4. The second kappa shape index (κ2) is 9.65. The summed E-state index contributed by atoms with van der Waals surface area (Å²) in [6.45, 7) is 2.18. The average molecular weight is 445 g/mol. The Labute approximate surface area is 191 Å². The molecule has 2 aromatic heterocycles. The summed E-state index contributed by atoms with van der Waals surface area (Å²) >= 11 is 0. The first-order valence-electron chi connectivity index (χ1n) is 10.4. The van der Waals surface area contributed by atoms with E-state index in [0.717, 1.165) is 16.3 Å². The van der Waals surface area contributed by atoms with Crippen LogP contribution in [0.1, 0.15) is 34.1 Å². The van der Waals surface area contributed by atoms with Crippen LogP contribution in [0.5, 0.6) is 5.75 Å². The van der Waals surface area contributed by atoms with E-state index in [1.54, 1.807) is 36.5 Å². The van der Waals surface area contributed by atoms with Crippen molar-refractivity contribution in [1.29, 1.82) is 0 Å². The molecule has 3 aromatic rings. The molecule has 0 aliphatic carbocycles. The lowest BCUT2D eigenvalue weighted by molar-refractivity contribution is -0.0781. The number of β-amino-alcohol motifs (C(OH)–C–C–N with tert-alkyl or cyclic N) is 1. The van der Waals surface area contributed by atoms with E-state index < -0.39 is 6.10 Å². The number of amides is 1.